The molecule has 1 aliphatic heterocycles. The van der Waals surface area contributed by atoms with Gasteiger partial charge >= 0.3 is 4.87 Å². The Morgan fingerprint density at radius 3 is 2.42 bits per heavy atom. The third-order valence-electron chi connectivity index (χ3n) is 5.11. The second-order valence-corrected chi connectivity index (χ2v) is 10.4. The van der Waals surface area contributed by atoms with Crippen LogP contribution in [-0.2, 0) is 14.8 Å². The Labute approximate surface area is 184 Å². The summed E-state index contributed by atoms with van der Waals surface area (Å²) in [7, 11) is -3.61. The molecule has 0 bridgehead atoms. The summed E-state index contributed by atoms with van der Waals surface area (Å²) in [5, 5.41) is 2.81. The Hall–Kier alpha value is -2.53. The van der Waals surface area contributed by atoms with Gasteiger partial charge in [-0.3, -0.25) is 14.2 Å². The second-order valence-electron chi connectivity index (χ2n) is 7.51. The predicted molar refractivity (Wildman–Crippen MR) is 120 cm³/mol. The van der Waals surface area contributed by atoms with Crippen LogP contribution >= 0.6 is 11.3 Å². The predicted octanol–water partition coefficient (Wildman–Crippen LogP) is 2.92. The molecule has 2 heterocycles. The zero-order valence-electron chi connectivity index (χ0n) is 17.2. The number of hydrogen-bond acceptors (Lipinski definition) is 6. The van der Waals surface area contributed by atoms with Crippen LogP contribution in [0.5, 0.6) is 0 Å². The van der Waals surface area contributed by atoms with Crippen molar-refractivity contribution in [1.29, 1.82) is 0 Å². The van der Waals surface area contributed by atoms with Crippen LogP contribution in [0.4, 0.5) is 5.69 Å². The molecule has 1 saturated heterocycles. The van der Waals surface area contributed by atoms with Crippen molar-refractivity contribution in [2.75, 3.05) is 31.6 Å². The lowest BCUT2D eigenvalue weighted by atomic mass is 10.2. The molecule has 1 fully saturated rings. The van der Waals surface area contributed by atoms with Gasteiger partial charge < -0.3 is 10.1 Å². The Kier molecular flexibility index (Phi) is 5.98. The molecular weight excluding hydrogens is 438 g/mol. The van der Waals surface area contributed by atoms with E-state index in [1.54, 1.807) is 16.7 Å². The molecule has 2 aromatic carbocycles. The molecule has 1 N–H and O–H groups in total. The molecule has 1 aliphatic rings. The minimum atomic E-state index is -3.61. The number of anilines is 1. The summed E-state index contributed by atoms with van der Waals surface area (Å²) in [4.78, 5) is 24.9. The number of carbonyl (C=O) groups excluding carboxylic acids is 1. The fourth-order valence-corrected chi connectivity index (χ4v) is 5.98. The standard InChI is InChI=1S/C21H23N3O5S2/c1-14(2)24-18-8-5-16(13-19(18)30-21(24)26)22-20(25)15-3-6-17(7-4-15)31(27,28)23-9-11-29-12-10-23/h3-8,13-14H,9-12H2,1-2H3,(H,22,25). The lowest BCUT2D eigenvalue weighted by molar-refractivity contribution is 0.0730. The third-order valence-corrected chi connectivity index (χ3v) is 7.94. The topological polar surface area (TPSA) is 97.7 Å². The molecule has 0 atom stereocenters. The monoisotopic (exact) mass is 461 g/mol. The van der Waals surface area contributed by atoms with Gasteiger partial charge in [0.05, 0.1) is 28.3 Å². The highest BCUT2D eigenvalue weighted by Gasteiger charge is 2.26. The van der Waals surface area contributed by atoms with Crippen molar-refractivity contribution in [1.82, 2.24) is 8.87 Å². The van der Waals surface area contributed by atoms with E-state index in [4.69, 9.17) is 4.74 Å². The van der Waals surface area contributed by atoms with Gasteiger partial charge in [-0.05, 0) is 56.3 Å². The van der Waals surface area contributed by atoms with Crippen LogP contribution in [0.2, 0.25) is 0 Å². The van der Waals surface area contributed by atoms with E-state index in [-0.39, 0.29) is 21.7 Å². The molecular formula is C21H23N3O5S2. The molecule has 0 unspecified atom stereocenters. The molecule has 1 amide bonds. The number of amides is 1. The van der Waals surface area contributed by atoms with Gasteiger partial charge in [-0.2, -0.15) is 4.31 Å². The normalized spacial score (nSPS) is 15.5. The fraction of sp³-hybridized carbons (Fsp3) is 0.333. The van der Waals surface area contributed by atoms with Crippen LogP contribution in [0.25, 0.3) is 10.2 Å². The quantitative estimate of drug-likeness (QED) is 0.630. The number of fused-ring (bicyclic) bond motifs is 1. The lowest BCUT2D eigenvalue weighted by Crippen LogP contribution is -2.40. The van der Waals surface area contributed by atoms with E-state index in [9.17, 15) is 18.0 Å². The van der Waals surface area contributed by atoms with Crippen molar-refractivity contribution in [3.8, 4) is 0 Å². The van der Waals surface area contributed by atoms with Gasteiger partial charge in [-0.25, -0.2) is 8.42 Å². The highest BCUT2D eigenvalue weighted by molar-refractivity contribution is 7.89. The Morgan fingerprint density at radius 2 is 1.77 bits per heavy atom. The number of carbonyl (C=O) groups is 1. The summed E-state index contributed by atoms with van der Waals surface area (Å²) in [5.41, 5.74) is 1.74. The van der Waals surface area contributed by atoms with Crippen molar-refractivity contribution in [3.05, 3.63) is 57.7 Å². The number of thiazole rings is 1. The molecule has 164 valence electrons. The van der Waals surface area contributed by atoms with Crippen LogP contribution in [0, 0.1) is 0 Å². The number of aromatic nitrogens is 1. The van der Waals surface area contributed by atoms with Crippen molar-refractivity contribution < 1.29 is 17.9 Å². The number of hydrogen-bond donors (Lipinski definition) is 1. The van der Waals surface area contributed by atoms with Crippen molar-refractivity contribution in [2.24, 2.45) is 0 Å². The van der Waals surface area contributed by atoms with Gasteiger partial charge in [0, 0.05) is 30.4 Å². The Balaban J connectivity index is 1.52. The maximum absolute atomic E-state index is 12.7. The molecule has 1 aromatic heterocycles. The van der Waals surface area contributed by atoms with Gasteiger partial charge in [-0.1, -0.05) is 11.3 Å². The van der Waals surface area contributed by atoms with Gasteiger partial charge in [0.15, 0.2) is 0 Å². The molecule has 0 aliphatic carbocycles. The average molecular weight is 462 g/mol. The zero-order valence-corrected chi connectivity index (χ0v) is 18.8. The fourth-order valence-electron chi connectivity index (χ4n) is 3.52. The maximum atomic E-state index is 12.7. The van der Waals surface area contributed by atoms with E-state index in [0.29, 0.717) is 37.6 Å². The maximum Gasteiger partial charge on any atom is 0.308 e. The summed E-state index contributed by atoms with van der Waals surface area (Å²) in [6.07, 6.45) is 0. The summed E-state index contributed by atoms with van der Waals surface area (Å²) in [6, 6.07) is 11.3. The van der Waals surface area contributed by atoms with Crippen molar-refractivity contribution >= 4 is 43.2 Å². The van der Waals surface area contributed by atoms with Crippen LogP contribution in [0.3, 0.4) is 0 Å². The highest BCUT2D eigenvalue weighted by Crippen LogP contribution is 2.25. The summed E-state index contributed by atoms with van der Waals surface area (Å²) >= 11 is 1.14. The van der Waals surface area contributed by atoms with E-state index >= 15 is 0 Å². The van der Waals surface area contributed by atoms with E-state index < -0.39 is 10.0 Å². The smallest absolute Gasteiger partial charge is 0.308 e. The first kappa shape index (κ1) is 21.7. The zero-order chi connectivity index (χ0) is 22.2. The van der Waals surface area contributed by atoms with E-state index in [1.165, 1.54) is 28.6 Å². The van der Waals surface area contributed by atoms with Gasteiger partial charge in [0.1, 0.15) is 0 Å². The van der Waals surface area contributed by atoms with Gasteiger partial charge in [-0.15, -0.1) is 0 Å². The number of rotatable bonds is 5. The Bertz CT molecular complexity index is 1270. The van der Waals surface area contributed by atoms with E-state index in [0.717, 1.165) is 21.6 Å². The molecule has 0 radical (unpaired) electrons. The number of sulfonamides is 1. The third kappa shape index (κ3) is 4.29. The van der Waals surface area contributed by atoms with Crippen LogP contribution in [-0.4, -0.2) is 49.5 Å². The van der Waals surface area contributed by atoms with Gasteiger partial charge in [0.2, 0.25) is 10.0 Å². The number of benzene rings is 2. The molecule has 8 nitrogen and oxygen atoms in total. The summed E-state index contributed by atoms with van der Waals surface area (Å²) < 4.78 is 34.5. The molecule has 0 spiro atoms. The largest absolute Gasteiger partial charge is 0.379 e. The molecule has 10 heteroatoms. The molecule has 0 saturated carbocycles. The van der Waals surface area contributed by atoms with Crippen LogP contribution < -0.4 is 10.2 Å². The first-order valence-corrected chi connectivity index (χ1v) is 12.2. The van der Waals surface area contributed by atoms with E-state index in [1.807, 2.05) is 19.9 Å². The van der Waals surface area contributed by atoms with Gasteiger partial charge in [0.25, 0.3) is 5.91 Å². The first-order chi connectivity index (χ1) is 14.8. The van der Waals surface area contributed by atoms with Crippen LogP contribution in [0.15, 0.2) is 52.2 Å². The van der Waals surface area contributed by atoms with E-state index in [2.05, 4.69) is 5.32 Å². The number of nitrogens with one attached hydrogen (secondary N) is 1. The van der Waals surface area contributed by atoms with Crippen molar-refractivity contribution in [3.63, 3.8) is 0 Å². The SMILES string of the molecule is CC(C)n1c(=O)sc2cc(NC(=O)c3ccc(S(=O)(=O)N4CCOCC4)cc3)ccc21. The Morgan fingerprint density at radius 1 is 1.10 bits per heavy atom. The minimum Gasteiger partial charge on any atom is -0.379 e. The summed E-state index contributed by atoms with van der Waals surface area (Å²) in [6.45, 7) is 5.28. The number of ether oxygens (including phenoxy) is 1. The number of nitrogens with zero attached hydrogens (tertiary/aromatic N) is 2. The van der Waals surface area contributed by atoms with Crippen LogP contribution in [0.1, 0.15) is 30.2 Å². The average Bonchev–Trinajstić information content (AvgIpc) is 3.09. The molecule has 31 heavy (non-hydrogen) atoms. The highest BCUT2D eigenvalue weighted by atomic mass is 32.2. The first-order valence-electron chi connectivity index (χ1n) is 9.92. The molecule has 4 rings (SSSR count). The second kappa shape index (κ2) is 8.54. The summed E-state index contributed by atoms with van der Waals surface area (Å²) in [5.74, 6) is -0.356. The minimum absolute atomic E-state index is 0.0365. The number of morpholine rings is 1. The molecule has 3 aromatic rings. The van der Waals surface area contributed by atoms with Crippen molar-refractivity contribution in [2.45, 2.75) is 24.8 Å². The lowest BCUT2D eigenvalue weighted by Gasteiger charge is -2.26.